The van der Waals surface area contributed by atoms with Crippen molar-refractivity contribution in [3.8, 4) is 0 Å². The second kappa shape index (κ2) is 18.2. The van der Waals surface area contributed by atoms with E-state index in [4.69, 9.17) is 4.74 Å². The van der Waals surface area contributed by atoms with Crippen molar-refractivity contribution in [2.24, 2.45) is 0 Å². The third-order valence-electron chi connectivity index (χ3n) is 5.36. The maximum atomic E-state index is 10.3. The van der Waals surface area contributed by atoms with Crippen LogP contribution in [0.2, 0.25) is 0 Å². The lowest BCUT2D eigenvalue weighted by atomic mass is 10.1. The Hall–Kier alpha value is -0.610. The van der Waals surface area contributed by atoms with Crippen LogP contribution in [0.25, 0.3) is 0 Å². The Kier molecular flexibility index (Phi) is 17.8. The number of aliphatic hydroxyl groups is 1. The quantitative estimate of drug-likeness (QED) is 0.288. The molecule has 0 aliphatic heterocycles. The van der Waals surface area contributed by atoms with E-state index in [2.05, 4.69) is 45.3 Å². The molecule has 170 valence electrons. The van der Waals surface area contributed by atoms with Gasteiger partial charge in [-0.15, -0.1) is 0 Å². The highest BCUT2D eigenvalue weighted by molar-refractivity contribution is 5.13. The van der Waals surface area contributed by atoms with E-state index in [1.54, 1.807) is 0 Å². The largest absolute Gasteiger partial charge is 1.00 e. The van der Waals surface area contributed by atoms with Crippen molar-refractivity contribution in [2.45, 2.75) is 90.2 Å². The van der Waals surface area contributed by atoms with Gasteiger partial charge in [0, 0.05) is 12.2 Å². The number of hydrogen-bond acceptors (Lipinski definition) is 2. The molecule has 0 bridgehead atoms. The third-order valence-corrected chi connectivity index (χ3v) is 5.36. The molecule has 29 heavy (non-hydrogen) atoms. The van der Waals surface area contributed by atoms with Crippen LogP contribution in [0.4, 0.5) is 0 Å². The molecule has 0 saturated carbocycles. The number of likely N-dealkylation sites (N-methyl/N-ethyl adjacent to an activating group) is 1. The predicted octanol–water partition coefficient (Wildman–Crippen LogP) is 2.96. The zero-order chi connectivity index (χ0) is 20.5. The summed E-state index contributed by atoms with van der Waals surface area (Å²) in [6.07, 6.45) is 14.4. The highest BCUT2D eigenvalue weighted by Gasteiger charge is 2.21. The molecule has 3 nitrogen and oxygen atoms in total. The second-order valence-electron chi connectivity index (χ2n) is 9.03. The van der Waals surface area contributed by atoms with Crippen molar-refractivity contribution in [1.82, 2.24) is 0 Å². The molecular weight excluding hydrogens is 382 g/mol. The smallest absolute Gasteiger partial charge is 0.126 e. The molecule has 0 heterocycles. The van der Waals surface area contributed by atoms with Crippen LogP contribution < -0.4 is 12.4 Å². The molecule has 1 atom stereocenters. The topological polar surface area (TPSA) is 29.5 Å². The maximum Gasteiger partial charge on any atom is 0.126 e. The number of unbranched alkanes of at least 4 members (excludes halogenated alkanes) is 10. The van der Waals surface area contributed by atoms with Gasteiger partial charge in [0.15, 0.2) is 0 Å². The first-order valence-electron chi connectivity index (χ1n) is 11.7. The van der Waals surface area contributed by atoms with Crippen LogP contribution >= 0.6 is 0 Å². The Morgan fingerprint density at radius 2 is 1.34 bits per heavy atom. The van der Waals surface area contributed by atoms with Crippen LogP contribution in [0.15, 0.2) is 30.3 Å². The summed E-state index contributed by atoms with van der Waals surface area (Å²) in [7, 11) is 4.33. The van der Waals surface area contributed by atoms with Crippen LogP contribution in [0.3, 0.4) is 0 Å². The van der Waals surface area contributed by atoms with Crippen LogP contribution in [0.1, 0.15) is 83.1 Å². The Bertz CT molecular complexity index is 467. The Labute approximate surface area is 186 Å². The second-order valence-corrected chi connectivity index (χ2v) is 9.03. The normalized spacial score (nSPS) is 12.6. The summed E-state index contributed by atoms with van der Waals surface area (Å²) in [5.74, 6) is 0. The van der Waals surface area contributed by atoms with E-state index >= 15 is 0 Å². The van der Waals surface area contributed by atoms with Crippen molar-refractivity contribution in [3.63, 3.8) is 0 Å². The van der Waals surface area contributed by atoms with E-state index in [1.165, 1.54) is 69.8 Å². The molecule has 0 saturated heterocycles. The van der Waals surface area contributed by atoms with E-state index in [-0.39, 0.29) is 12.4 Å². The van der Waals surface area contributed by atoms with Gasteiger partial charge in [-0.05, 0) is 6.42 Å². The maximum absolute atomic E-state index is 10.3. The van der Waals surface area contributed by atoms with Crippen molar-refractivity contribution in [3.05, 3.63) is 35.9 Å². The summed E-state index contributed by atoms with van der Waals surface area (Å²) >= 11 is 0. The number of halogens is 1. The first-order chi connectivity index (χ1) is 13.5. The monoisotopic (exact) mass is 427 g/mol. The van der Waals surface area contributed by atoms with E-state index < -0.39 is 6.10 Å². The lowest BCUT2D eigenvalue weighted by Crippen LogP contribution is -3.00. The lowest BCUT2D eigenvalue weighted by molar-refractivity contribution is -0.906. The molecule has 1 N–H and O–H groups in total. The van der Waals surface area contributed by atoms with Gasteiger partial charge in [0.25, 0.3) is 0 Å². The molecule has 1 aromatic rings. The predicted molar refractivity (Wildman–Crippen MR) is 120 cm³/mol. The minimum absolute atomic E-state index is 0. The molecule has 1 unspecified atom stereocenters. The summed E-state index contributed by atoms with van der Waals surface area (Å²) in [5, 5.41) is 10.3. The average Bonchev–Trinajstić information content (AvgIpc) is 2.65. The van der Waals surface area contributed by atoms with Gasteiger partial charge in [-0.2, -0.15) is 0 Å². The standard InChI is InChI=1S/C25H46NO2.ClH/c1-4-5-6-7-8-9-10-11-12-13-17-20-28-23-25(27)22-26(2,3)21-24-18-15-14-16-19-24;/h14-16,18-19,25,27H,4-13,17,20-23H2,1-3H3;1H/q+1;/p-1. The lowest BCUT2D eigenvalue weighted by Gasteiger charge is -2.32. The molecular formula is C25H46ClNO2. The number of ether oxygens (including phenoxy) is 1. The number of aliphatic hydroxyl groups excluding tert-OH is 1. The van der Waals surface area contributed by atoms with Crippen molar-refractivity contribution in [2.75, 3.05) is 33.9 Å². The van der Waals surface area contributed by atoms with E-state index in [0.717, 1.165) is 24.1 Å². The number of hydrogen-bond donors (Lipinski definition) is 1. The van der Waals surface area contributed by atoms with E-state index in [0.29, 0.717) is 13.2 Å². The fourth-order valence-corrected chi connectivity index (χ4v) is 3.85. The highest BCUT2D eigenvalue weighted by atomic mass is 35.5. The van der Waals surface area contributed by atoms with Gasteiger partial charge >= 0.3 is 0 Å². The minimum atomic E-state index is -0.397. The molecule has 0 aliphatic carbocycles. The number of nitrogens with zero attached hydrogens (tertiary/aromatic N) is 1. The summed E-state index contributed by atoms with van der Waals surface area (Å²) in [6, 6.07) is 10.5. The van der Waals surface area contributed by atoms with Gasteiger partial charge in [0.05, 0.1) is 20.7 Å². The molecule has 4 heteroatoms. The SMILES string of the molecule is CCCCCCCCCCCCCOCC(O)C[N+](C)(C)Cc1ccccc1.[Cl-]. The highest BCUT2D eigenvalue weighted by Crippen LogP contribution is 2.12. The van der Waals surface area contributed by atoms with E-state index in [9.17, 15) is 5.11 Å². The zero-order valence-corrected chi connectivity index (χ0v) is 20.0. The minimum Gasteiger partial charge on any atom is -1.00 e. The number of benzene rings is 1. The fourth-order valence-electron chi connectivity index (χ4n) is 3.85. The number of quaternary nitrogens is 1. The van der Waals surface area contributed by atoms with Crippen molar-refractivity contribution in [1.29, 1.82) is 0 Å². The van der Waals surface area contributed by atoms with Gasteiger partial charge in [-0.25, -0.2) is 0 Å². The van der Waals surface area contributed by atoms with Gasteiger partial charge in [-0.3, -0.25) is 0 Å². The first kappa shape index (κ1) is 28.4. The zero-order valence-electron chi connectivity index (χ0n) is 19.3. The Morgan fingerprint density at radius 3 is 1.90 bits per heavy atom. The van der Waals surface area contributed by atoms with Gasteiger partial charge in [-0.1, -0.05) is 101 Å². The Balaban J connectivity index is 0.00000784. The van der Waals surface area contributed by atoms with Crippen molar-refractivity contribution >= 4 is 0 Å². The van der Waals surface area contributed by atoms with Crippen LogP contribution in [0.5, 0.6) is 0 Å². The molecule has 1 aromatic carbocycles. The molecule has 0 aromatic heterocycles. The molecule has 1 rings (SSSR count). The number of rotatable bonds is 18. The average molecular weight is 428 g/mol. The molecule has 0 fully saturated rings. The molecule has 0 radical (unpaired) electrons. The van der Waals surface area contributed by atoms with Gasteiger partial charge in [0.2, 0.25) is 0 Å². The fraction of sp³-hybridized carbons (Fsp3) is 0.760. The molecule has 0 spiro atoms. The summed E-state index contributed by atoms with van der Waals surface area (Å²) in [6.45, 7) is 5.15. The first-order valence-corrected chi connectivity index (χ1v) is 11.7. The summed E-state index contributed by atoms with van der Waals surface area (Å²) in [4.78, 5) is 0. The summed E-state index contributed by atoms with van der Waals surface area (Å²) in [5.41, 5.74) is 1.31. The van der Waals surface area contributed by atoms with Crippen LogP contribution in [-0.2, 0) is 11.3 Å². The third kappa shape index (κ3) is 16.8. The van der Waals surface area contributed by atoms with E-state index in [1.807, 2.05) is 6.07 Å². The van der Waals surface area contributed by atoms with Crippen molar-refractivity contribution < 1.29 is 26.7 Å². The molecule has 0 aliphatic rings. The molecule has 0 amide bonds. The van der Waals surface area contributed by atoms with Gasteiger partial charge < -0.3 is 26.7 Å². The van der Waals surface area contributed by atoms with Crippen LogP contribution in [-0.4, -0.2) is 49.5 Å². The Morgan fingerprint density at radius 1 is 0.828 bits per heavy atom. The van der Waals surface area contributed by atoms with Gasteiger partial charge in [0.1, 0.15) is 19.2 Å². The van der Waals surface area contributed by atoms with Crippen LogP contribution in [0, 0.1) is 0 Å². The summed E-state index contributed by atoms with van der Waals surface area (Å²) < 4.78 is 6.48.